The molecule has 2 aromatic rings. The van der Waals surface area contributed by atoms with Crippen LogP contribution in [-0.2, 0) is 0 Å². The van der Waals surface area contributed by atoms with Gasteiger partial charge in [0.2, 0.25) is 0 Å². The molecule has 4 rings (SSSR count). The molecule has 0 aliphatic carbocycles. The van der Waals surface area contributed by atoms with Crippen LogP contribution in [0.25, 0.3) is 0 Å². The lowest BCUT2D eigenvalue weighted by Gasteiger charge is -2.34. The number of hydrogen-bond donors (Lipinski definition) is 0. The molecule has 5 nitrogen and oxygen atoms in total. The monoisotopic (exact) mass is 377 g/mol. The van der Waals surface area contributed by atoms with Crippen molar-refractivity contribution in [1.29, 1.82) is 0 Å². The van der Waals surface area contributed by atoms with Crippen LogP contribution in [0.15, 0.2) is 53.5 Å². The van der Waals surface area contributed by atoms with E-state index in [0.717, 1.165) is 63.6 Å². The van der Waals surface area contributed by atoms with E-state index >= 15 is 0 Å². The smallest absolute Gasteiger partial charge is 0.0631 e. The minimum Gasteiger partial charge on any atom is -0.369 e. The van der Waals surface area contributed by atoms with Crippen LogP contribution in [0, 0.1) is 0 Å². The third-order valence-corrected chi connectivity index (χ3v) is 5.84. The normalized spacial score (nSPS) is 19.5. The standard InChI is InChI=1S/C23H31N5/c1-25-11-15-27(16-12-25)22-7-3-20(4-8-22)19-24-21-5-9-23(10-6-21)28-17-13-26(2)14-18-28/h3-10,19H,11-18H2,1-2H3. The molecular formula is C23H31N5. The summed E-state index contributed by atoms with van der Waals surface area (Å²) in [6.07, 6.45) is 1.96. The van der Waals surface area contributed by atoms with Crippen LogP contribution >= 0.6 is 0 Å². The van der Waals surface area contributed by atoms with Gasteiger partial charge in [-0.3, -0.25) is 4.99 Å². The lowest BCUT2D eigenvalue weighted by Crippen LogP contribution is -2.44. The fraction of sp³-hybridized carbons (Fsp3) is 0.435. The maximum Gasteiger partial charge on any atom is 0.0631 e. The number of nitrogens with zero attached hydrogens (tertiary/aromatic N) is 5. The summed E-state index contributed by atoms with van der Waals surface area (Å²) in [5.41, 5.74) is 4.74. The van der Waals surface area contributed by atoms with Gasteiger partial charge >= 0.3 is 0 Å². The zero-order valence-electron chi connectivity index (χ0n) is 17.1. The fourth-order valence-electron chi connectivity index (χ4n) is 3.80. The second-order valence-corrected chi connectivity index (χ2v) is 7.95. The second kappa shape index (κ2) is 8.76. The minimum atomic E-state index is 1.00. The van der Waals surface area contributed by atoms with Gasteiger partial charge in [0.15, 0.2) is 0 Å². The van der Waals surface area contributed by atoms with Crippen molar-refractivity contribution in [2.45, 2.75) is 0 Å². The van der Waals surface area contributed by atoms with Crippen LogP contribution in [0.4, 0.5) is 17.1 Å². The van der Waals surface area contributed by atoms with Crippen molar-refractivity contribution in [2.75, 3.05) is 76.3 Å². The van der Waals surface area contributed by atoms with E-state index in [1.807, 2.05) is 6.21 Å². The van der Waals surface area contributed by atoms with Gasteiger partial charge in [-0.25, -0.2) is 0 Å². The quantitative estimate of drug-likeness (QED) is 0.765. The highest BCUT2D eigenvalue weighted by Gasteiger charge is 2.14. The average Bonchev–Trinajstić information content (AvgIpc) is 2.74. The van der Waals surface area contributed by atoms with Crippen LogP contribution in [0.2, 0.25) is 0 Å². The second-order valence-electron chi connectivity index (χ2n) is 7.95. The first-order chi connectivity index (χ1) is 13.7. The van der Waals surface area contributed by atoms with E-state index in [1.54, 1.807) is 0 Å². The highest BCUT2D eigenvalue weighted by atomic mass is 15.3. The lowest BCUT2D eigenvalue weighted by atomic mass is 10.2. The molecule has 28 heavy (non-hydrogen) atoms. The maximum absolute atomic E-state index is 4.65. The molecule has 148 valence electrons. The molecule has 0 N–H and O–H groups in total. The predicted octanol–water partition coefficient (Wildman–Crippen LogP) is 2.94. The van der Waals surface area contributed by atoms with Crippen LogP contribution in [-0.4, -0.2) is 82.5 Å². The summed E-state index contributed by atoms with van der Waals surface area (Å²) in [5.74, 6) is 0. The van der Waals surface area contributed by atoms with E-state index in [2.05, 4.69) is 87.2 Å². The van der Waals surface area contributed by atoms with Gasteiger partial charge in [-0.1, -0.05) is 12.1 Å². The Hall–Kier alpha value is -2.37. The Morgan fingerprint density at radius 3 is 1.50 bits per heavy atom. The van der Waals surface area contributed by atoms with Crippen molar-refractivity contribution in [1.82, 2.24) is 9.80 Å². The van der Waals surface area contributed by atoms with Gasteiger partial charge in [0.1, 0.15) is 0 Å². The molecule has 2 aliphatic rings. The van der Waals surface area contributed by atoms with Gasteiger partial charge in [0.25, 0.3) is 0 Å². The number of aliphatic imine (C=N–C) groups is 1. The molecule has 2 saturated heterocycles. The number of benzene rings is 2. The molecule has 0 amide bonds. The highest BCUT2D eigenvalue weighted by Crippen LogP contribution is 2.21. The topological polar surface area (TPSA) is 25.3 Å². The Kier molecular flexibility index (Phi) is 5.93. The van der Waals surface area contributed by atoms with Gasteiger partial charge in [-0.2, -0.15) is 0 Å². The summed E-state index contributed by atoms with van der Waals surface area (Å²) >= 11 is 0. The summed E-state index contributed by atoms with van der Waals surface area (Å²) in [6, 6.07) is 17.4. The van der Waals surface area contributed by atoms with E-state index in [9.17, 15) is 0 Å². The SMILES string of the molecule is CN1CCN(c2ccc(C=Nc3ccc(N4CCN(C)CC4)cc3)cc2)CC1. The molecule has 2 aromatic carbocycles. The van der Waals surface area contributed by atoms with Crippen molar-refractivity contribution < 1.29 is 0 Å². The Bertz CT molecular complexity index is 700. The molecule has 0 radical (unpaired) electrons. The van der Waals surface area contributed by atoms with Gasteiger partial charge in [0.05, 0.1) is 5.69 Å². The molecular weight excluding hydrogens is 346 g/mol. The number of likely N-dealkylation sites (N-methyl/N-ethyl adjacent to an activating group) is 2. The molecule has 0 saturated carbocycles. The van der Waals surface area contributed by atoms with E-state index < -0.39 is 0 Å². The summed E-state index contributed by atoms with van der Waals surface area (Å²) in [6.45, 7) is 8.92. The van der Waals surface area contributed by atoms with Crippen molar-refractivity contribution in [2.24, 2.45) is 4.99 Å². The molecule has 0 unspecified atom stereocenters. The fourth-order valence-corrected chi connectivity index (χ4v) is 3.80. The highest BCUT2D eigenvalue weighted by molar-refractivity contribution is 5.82. The van der Waals surface area contributed by atoms with E-state index in [1.165, 1.54) is 11.4 Å². The summed E-state index contributed by atoms with van der Waals surface area (Å²) in [7, 11) is 4.38. The Balaban J connectivity index is 1.35. The molecule has 0 atom stereocenters. The van der Waals surface area contributed by atoms with Gasteiger partial charge < -0.3 is 19.6 Å². The van der Waals surface area contributed by atoms with Crippen LogP contribution in [0.1, 0.15) is 5.56 Å². The minimum absolute atomic E-state index is 1.00. The molecule has 0 spiro atoms. The van der Waals surface area contributed by atoms with Crippen LogP contribution in [0.3, 0.4) is 0 Å². The zero-order chi connectivity index (χ0) is 19.3. The number of hydrogen-bond acceptors (Lipinski definition) is 5. The molecule has 0 bridgehead atoms. The molecule has 2 aliphatic heterocycles. The van der Waals surface area contributed by atoms with Crippen molar-refractivity contribution in [3.05, 3.63) is 54.1 Å². The van der Waals surface area contributed by atoms with Crippen molar-refractivity contribution in [3.8, 4) is 0 Å². The van der Waals surface area contributed by atoms with Gasteiger partial charge in [0, 0.05) is 69.9 Å². The molecule has 2 fully saturated rings. The molecule has 2 heterocycles. The molecule has 5 heteroatoms. The summed E-state index contributed by atoms with van der Waals surface area (Å²) in [4.78, 5) is 14.3. The first-order valence-corrected chi connectivity index (χ1v) is 10.3. The Labute approximate surface area is 168 Å². The average molecular weight is 378 g/mol. The largest absolute Gasteiger partial charge is 0.369 e. The Morgan fingerprint density at radius 1 is 0.607 bits per heavy atom. The van der Waals surface area contributed by atoms with E-state index in [4.69, 9.17) is 0 Å². The third-order valence-electron chi connectivity index (χ3n) is 5.84. The third kappa shape index (κ3) is 4.72. The van der Waals surface area contributed by atoms with Gasteiger partial charge in [-0.05, 0) is 56.1 Å². The first-order valence-electron chi connectivity index (χ1n) is 10.3. The lowest BCUT2D eigenvalue weighted by molar-refractivity contribution is 0.313. The first kappa shape index (κ1) is 19.0. The van der Waals surface area contributed by atoms with E-state index in [0.29, 0.717) is 0 Å². The van der Waals surface area contributed by atoms with Crippen molar-refractivity contribution in [3.63, 3.8) is 0 Å². The Morgan fingerprint density at radius 2 is 1.04 bits per heavy atom. The number of piperazine rings is 2. The number of rotatable bonds is 4. The molecule has 0 aromatic heterocycles. The van der Waals surface area contributed by atoms with Crippen LogP contribution in [0.5, 0.6) is 0 Å². The van der Waals surface area contributed by atoms with E-state index in [-0.39, 0.29) is 0 Å². The maximum atomic E-state index is 4.65. The van der Waals surface area contributed by atoms with Crippen molar-refractivity contribution >= 4 is 23.3 Å². The van der Waals surface area contributed by atoms with Gasteiger partial charge in [-0.15, -0.1) is 0 Å². The predicted molar refractivity (Wildman–Crippen MR) is 120 cm³/mol. The summed E-state index contributed by atoms with van der Waals surface area (Å²) < 4.78 is 0. The van der Waals surface area contributed by atoms with Crippen LogP contribution < -0.4 is 9.80 Å². The summed E-state index contributed by atoms with van der Waals surface area (Å²) in [5, 5.41) is 0. The number of anilines is 2. The zero-order valence-corrected chi connectivity index (χ0v) is 17.1.